The third kappa shape index (κ3) is 3.43. The van der Waals surface area contributed by atoms with E-state index in [1.54, 1.807) is 18.2 Å². The minimum absolute atomic E-state index is 0.0484. The van der Waals surface area contributed by atoms with Gasteiger partial charge in [0, 0.05) is 5.39 Å². The molecule has 1 atom stereocenters. The van der Waals surface area contributed by atoms with E-state index in [1.165, 1.54) is 12.3 Å². The molecule has 1 heterocycles. The summed E-state index contributed by atoms with van der Waals surface area (Å²) in [6.45, 7) is 1.91. The summed E-state index contributed by atoms with van der Waals surface area (Å²) in [7, 11) is -3.96. The lowest BCUT2D eigenvalue weighted by molar-refractivity contribution is -0.139. The summed E-state index contributed by atoms with van der Waals surface area (Å²) in [6.07, 6.45) is 3.07. The molecule has 6 nitrogen and oxygen atoms in total. The van der Waals surface area contributed by atoms with Crippen LogP contribution in [0.5, 0.6) is 0 Å². The standard InChI is InChI=1S/C14H17NO5S/c1-2-3-6-11(14(16)17)15-21(18,19)12-7-4-5-10-8-9-20-13(10)12/h4-5,7-9,11,15H,2-3,6H2,1H3,(H,16,17)/t11-/m0/s1. The van der Waals surface area contributed by atoms with Crippen LogP contribution in [0.3, 0.4) is 0 Å². The van der Waals surface area contributed by atoms with E-state index in [1.807, 2.05) is 6.92 Å². The molecular weight excluding hydrogens is 294 g/mol. The van der Waals surface area contributed by atoms with E-state index in [-0.39, 0.29) is 16.9 Å². The van der Waals surface area contributed by atoms with E-state index in [2.05, 4.69) is 4.72 Å². The second kappa shape index (κ2) is 6.28. The van der Waals surface area contributed by atoms with Gasteiger partial charge in [-0.3, -0.25) is 4.79 Å². The molecule has 0 amide bonds. The molecule has 0 aliphatic rings. The maximum atomic E-state index is 12.4. The van der Waals surface area contributed by atoms with Gasteiger partial charge in [-0.15, -0.1) is 0 Å². The van der Waals surface area contributed by atoms with Gasteiger partial charge in [-0.1, -0.05) is 31.9 Å². The summed E-state index contributed by atoms with van der Waals surface area (Å²) in [6, 6.07) is 5.23. The molecule has 7 heteroatoms. The fourth-order valence-corrected chi connectivity index (χ4v) is 3.46. The Labute approximate surface area is 122 Å². The first-order chi connectivity index (χ1) is 9.95. The van der Waals surface area contributed by atoms with Crippen molar-refractivity contribution in [2.45, 2.75) is 37.1 Å². The van der Waals surface area contributed by atoms with Gasteiger partial charge in [0.15, 0.2) is 5.58 Å². The van der Waals surface area contributed by atoms with Gasteiger partial charge >= 0.3 is 5.97 Å². The number of para-hydroxylation sites is 1. The highest BCUT2D eigenvalue weighted by atomic mass is 32.2. The molecule has 0 saturated heterocycles. The van der Waals surface area contributed by atoms with Gasteiger partial charge in [0.2, 0.25) is 10.0 Å². The van der Waals surface area contributed by atoms with E-state index in [4.69, 9.17) is 9.52 Å². The number of hydrogen-bond acceptors (Lipinski definition) is 4. The Kier molecular flexibility index (Phi) is 4.64. The molecule has 0 spiro atoms. The summed E-state index contributed by atoms with van der Waals surface area (Å²) < 4.78 is 32.2. The fourth-order valence-electron chi connectivity index (χ4n) is 2.07. The molecule has 114 valence electrons. The van der Waals surface area contributed by atoms with E-state index in [0.29, 0.717) is 11.8 Å². The zero-order valence-corrected chi connectivity index (χ0v) is 12.4. The molecule has 2 N–H and O–H groups in total. The van der Waals surface area contributed by atoms with Gasteiger partial charge in [-0.2, -0.15) is 4.72 Å². The van der Waals surface area contributed by atoms with Crippen molar-refractivity contribution in [2.24, 2.45) is 0 Å². The van der Waals surface area contributed by atoms with Crippen molar-refractivity contribution in [3.63, 3.8) is 0 Å². The molecule has 0 fully saturated rings. The Balaban J connectivity index is 2.33. The molecule has 0 unspecified atom stereocenters. The first-order valence-electron chi connectivity index (χ1n) is 6.67. The smallest absolute Gasteiger partial charge is 0.321 e. The maximum Gasteiger partial charge on any atom is 0.321 e. The predicted molar refractivity (Wildman–Crippen MR) is 77.5 cm³/mol. The number of carbonyl (C=O) groups is 1. The van der Waals surface area contributed by atoms with Crippen molar-refractivity contribution >= 4 is 27.0 Å². The van der Waals surface area contributed by atoms with Crippen LogP contribution >= 0.6 is 0 Å². The molecule has 0 aliphatic carbocycles. The third-order valence-corrected chi connectivity index (χ3v) is 4.67. The highest BCUT2D eigenvalue weighted by Gasteiger charge is 2.27. The summed E-state index contributed by atoms with van der Waals surface area (Å²) in [5.74, 6) is -1.18. The van der Waals surface area contributed by atoms with Gasteiger partial charge in [-0.25, -0.2) is 8.42 Å². The minimum Gasteiger partial charge on any atom is -0.480 e. The van der Waals surface area contributed by atoms with Crippen molar-refractivity contribution in [1.29, 1.82) is 0 Å². The Morgan fingerprint density at radius 3 is 2.81 bits per heavy atom. The SMILES string of the molecule is CCCC[C@H](NS(=O)(=O)c1cccc2ccoc12)C(=O)O. The second-order valence-corrected chi connectivity index (χ2v) is 6.43. The van der Waals surface area contributed by atoms with Gasteiger partial charge in [0.25, 0.3) is 0 Å². The van der Waals surface area contributed by atoms with Crippen molar-refractivity contribution in [3.05, 3.63) is 30.5 Å². The number of aliphatic carboxylic acids is 1. The molecule has 1 aromatic heterocycles. The number of benzene rings is 1. The monoisotopic (exact) mass is 311 g/mol. The van der Waals surface area contributed by atoms with Crippen LogP contribution in [-0.4, -0.2) is 25.5 Å². The van der Waals surface area contributed by atoms with Gasteiger partial charge in [0.1, 0.15) is 10.9 Å². The lowest BCUT2D eigenvalue weighted by atomic mass is 10.1. The Morgan fingerprint density at radius 1 is 1.38 bits per heavy atom. The average molecular weight is 311 g/mol. The first kappa shape index (κ1) is 15.5. The number of rotatable bonds is 7. The highest BCUT2D eigenvalue weighted by Crippen LogP contribution is 2.24. The summed E-state index contributed by atoms with van der Waals surface area (Å²) in [5, 5.41) is 9.78. The fraction of sp³-hybridized carbons (Fsp3) is 0.357. The summed E-state index contributed by atoms with van der Waals surface area (Å²) in [4.78, 5) is 11.1. The predicted octanol–water partition coefficient (Wildman–Crippen LogP) is 2.35. The third-order valence-electron chi connectivity index (χ3n) is 3.17. The summed E-state index contributed by atoms with van der Waals surface area (Å²) >= 11 is 0. The zero-order chi connectivity index (χ0) is 15.5. The van der Waals surface area contributed by atoms with Crippen molar-refractivity contribution in [2.75, 3.05) is 0 Å². The number of nitrogens with one attached hydrogen (secondary N) is 1. The van der Waals surface area contributed by atoms with Crippen LogP contribution in [-0.2, 0) is 14.8 Å². The number of carboxylic acid groups (broad SMARTS) is 1. The number of unbranched alkanes of at least 4 members (excludes halogenated alkanes) is 1. The van der Waals surface area contributed by atoms with Crippen LogP contribution in [0.2, 0.25) is 0 Å². The quantitative estimate of drug-likeness (QED) is 0.818. The van der Waals surface area contributed by atoms with E-state index >= 15 is 0 Å². The van der Waals surface area contributed by atoms with Crippen LogP contribution in [0.4, 0.5) is 0 Å². The number of sulfonamides is 1. The molecule has 1 aromatic carbocycles. The number of furan rings is 1. The lowest BCUT2D eigenvalue weighted by Crippen LogP contribution is -2.40. The molecule has 0 radical (unpaired) electrons. The topological polar surface area (TPSA) is 96.6 Å². The zero-order valence-electron chi connectivity index (χ0n) is 11.6. The molecule has 0 bridgehead atoms. The van der Waals surface area contributed by atoms with Crippen LogP contribution in [0.1, 0.15) is 26.2 Å². The molecule has 0 saturated carbocycles. The van der Waals surface area contributed by atoms with E-state index in [0.717, 1.165) is 6.42 Å². The molecule has 2 rings (SSSR count). The van der Waals surface area contributed by atoms with Gasteiger partial charge < -0.3 is 9.52 Å². The van der Waals surface area contributed by atoms with Gasteiger partial charge in [-0.05, 0) is 18.6 Å². The maximum absolute atomic E-state index is 12.4. The highest BCUT2D eigenvalue weighted by molar-refractivity contribution is 7.89. The Morgan fingerprint density at radius 2 is 2.14 bits per heavy atom. The normalized spacial score (nSPS) is 13.4. The second-order valence-electron chi connectivity index (χ2n) is 4.75. The number of fused-ring (bicyclic) bond motifs is 1. The largest absolute Gasteiger partial charge is 0.480 e. The minimum atomic E-state index is -3.96. The Hall–Kier alpha value is -1.86. The molecule has 21 heavy (non-hydrogen) atoms. The lowest BCUT2D eigenvalue weighted by Gasteiger charge is -2.14. The number of carboxylic acids is 1. The van der Waals surface area contributed by atoms with Crippen LogP contribution in [0.25, 0.3) is 11.0 Å². The molecule has 0 aliphatic heterocycles. The summed E-state index contributed by atoms with van der Waals surface area (Å²) in [5.41, 5.74) is 0.227. The van der Waals surface area contributed by atoms with Crippen LogP contribution < -0.4 is 4.72 Å². The molecular formula is C14H17NO5S. The van der Waals surface area contributed by atoms with Crippen LogP contribution in [0.15, 0.2) is 39.8 Å². The van der Waals surface area contributed by atoms with Gasteiger partial charge in [0.05, 0.1) is 6.26 Å². The van der Waals surface area contributed by atoms with Crippen LogP contribution in [0, 0.1) is 0 Å². The van der Waals surface area contributed by atoms with E-state index < -0.39 is 22.0 Å². The van der Waals surface area contributed by atoms with Crippen molar-refractivity contribution in [1.82, 2.24) is 4.72 Å². The number of hydrogen-bond donors (Lipinski definition) is 2. The van der Waals surface area contributed by atoms with Crippen molar-refractivity contribution < 1.29 is 22.7 Å². The van der Waals surface area contributed by atoms with E-state index in [9.17, 15) is 13.2 Å². The Bertz CT molecular complexity index is 735. The average Bonchev–Trinajstić information content (AvgIpc) is 2.91. The first-order valence-corrected chi connectivity index (χ1v) is 8.15. The molecule has 2 aromatic rings. The van der Waals surface area contributed by atoms with Crippen molar-refractivity contribution in [3.8, 4) is 0 Å².